The van der Waals surface area contributed by atoms with E-state index in [1.54, 1.807) is 34.9 Å². The number of pyridine rings is 2. The predicted molar refractivity (Wildman–Crippen MR) is 113 cm³/mol. The highest BCUT2D eigenvalue weighted by molar-refractivity contribution is 6.30. The first kappa shape index (κ1) is 19.6. The molecule has 0 saturated carbocycles. The largest absolute Gasteiger partial charge is 0.494 e. The van der Waals surface area contributed by atoms with E-state index in [0.717, 1.165) is 6.07 Å². The summed E-state index contributed by atoms with van der Waals surface area (Å²) in [5.74, 6) is -1.22. The highest BCUT2D eigenvalue weighted by Crippen LogP contribution is 2.20. The lowest BCUT2D eigenvalue weighted by atomic mass is 10.0. The first-order valence-electron chi connectivity index (χ1n) is 9.20. The Morgan fingerprint density at radius 3 is 2.67 bits per heavy atom. The number of aromatic nitrogens is 2. The number of ketones is 1. The number of ether oxygens (including phenoxy) is 1. The summed E-state index contributed by atoms with van der Waals surface area (Å²) < 4.78 is 20.8. The molecule has 0 aliphatic heterocycles. The highest BCUT2D eigenvalue weighted by Gasteiger charge is 2.19. The Morgan fingerprint density at radius 1 is 1.13 bits per heavy atom. The lowest BCUT2D eigenvalue weighted by molar-refractivity contribution is 0.103. The number of benzene rings is 2. The van der Waals surface area contributed by atoms with Crippen LogP contribution in [-0.4, -0.2) is 30.3 Å². The average molecular weight is 398 g/mol. The maximum atomic E-state index is 14.1. The van der Waals surface area contributed by atoms with Crippen molar-refractivity contribution in [2.75, 3.05) is 7.11 Å². The molecule has 146 valence electrons. The van der Waals surface area contributed by atoms with Gasteiger partial charge in [0.05, 0.1) is 30.4 Å². The molecule has 4 rings (SSSR count). The van der Waals surface area contributed by atoms with Crippen LogP contribution in [0.5, 0.6) is 5.75 Å². The highest BCUT2D eigenvalue weighted by atomic mass is 19.1. The maximum Gasteiger partial charge on any atom is 0.200 e. The number of fused-ring (bicyclic) bond motifs is 1. The van der Waals surface area contributed by atoms with Gasteiger partial charge in [0.25, 0.3) is 0 Å². The molecular weight excluding hydrogens is 382 g/mol. The Morgan fingerprint density at radius 2 is 1.93 bits per heavy atom. The number of nitrogens with zero attached hydrogens (tertiary/aromatic N) is 2. The summed E-state index contributed by atoms with van der Waals surface area (Å²) >= 11 is 0. The van der Waals surface area contributed by atoms with Crippen LogP contribution in [0.25, 0.3) is 10.9 Å². The minimum atomic E-state index is -0.673. The van der Waals surface area contributed by atoms with Crippen molar-refractivity contribution in [3.8, 4) is 5.75 Å². The van der Waals surface area contributed by atoms with Gasteiger partial charge in [-0.25, -0.2) is 4.39 Å². The van der Waals surface area contributed by atoms with E-state index in [9.17, 15) is 14.0 Å². The van der Waals surface area contributed by atoms with E-state index in [-0.39, 0.29) is 16.9 Å². The van der Waals surface area contributed by atoms with Gasteiger partial charge in [0.15, 0.2) is 17.3 Å². The van der Waals surface area contributed by atoms with Crippen molar-refractivity contribution in [2.24, 2.45) is 0 Å². The van der Waals surface area contributed by atoms with Crippen molar-refractivity contribution in [1.29, 1.82) is 0 Å². The lowest BCUT2D eigenvalue weighted by Crippen LogP contribution is -2.21. The van der Waals surface area contributed by atoms with Gasteiger partial charge in [-0.15, -0.1) is 0 Å². The molecule has 0 aliphatic rings. The number of para-hydroxylation sites is 1. The number of carbonyl (C=O) groups excluding carboxylic acids is 1. The second-order valence-corrected chi connectivity index (χ2v) is 6.75. The summed E-state index contributed by atoms with van der Waals surface area (Å²) in [5.41, 5.74) is 1.31. The van der Waals surface area contributed by atoms with E-state index >= 15 is 0 Å². The molecule has 0 aliphatic carbocycles. The fraction of sp³-hybridized carbons (Fsp3) is 0.0870. The second-order valence-electron chi connectivity index (χ2n) is 6.75. The SMILES string of the molecule is [B]c1cccc(Cn2cc(C(=O)c3ccc(OC)c(F)c3)c(=O)c3ccccc32)n1. The number of carbonyl (C=O) groups is 1. The Bertz CT molecular complexity index is 1330. The first-order valence-corrected chi connectivity index (χ1v) is 9.20. The molecule has 2 radical (unpaired) electrons. The Hall–Kier alpha value is -3.74. The fourth-order valence-corrected chi connectivity index (χ4v) is 3.36. The van der Waals surface area contributed by atoms with Crippen molar-refractivity contribution < 1.29 is 13.9 Å². The molecule has 2 aromatic carbocycles. The first-order chi connectivity index (χ1) is 14.5. The summed E-state index contributed by atoms with van der Waals surface area (Å²) in [4.78, 5) is 30.4. The van der Waals surface area contributed by atoms with Crippen LogP contribution in [0.3, 0.4) is 0 Å². The van der Waals surface area contributed by atoms with Crippen molar-refractivity contribution in [1.82, 2.24) is 9.55 Å². The molecule has 30 heavy (non-hydrogen) atoms. The molecule has 0 unspecified atom stereocenters. The van der Waals surface area contributed by atoms with E-state index in [0.29, 0.717) is 28.7 Å². The van der Waals surface area contributed by atoms with Gasteiger partial charge >= 0.3 is 0 Å². The smallest absolute Gasteiger partial charge is 0.200 e. The molecule has 0 bridgehead atoms. The number of hydrogen-bond donors (Lipinski definition) is 0. The van der Waals surface area contributed by atoms with Crippen LogP contribution in [-0.2, 0) is 6.54 Å². The van der Waals surface area contributed by atoms with E-state index in [1.165, 1.54) is 25.4 Å². The van der Waals surface area contributed by atoms with Gasteiger partial charge < -0.3 is 9.30 Å². The van der Waals surface area contributed by atoms with E-state index in [1.807, 2.05) is 12.1 Å². The van der Waals surface area contributed by atoms with Crippen LogP contribution in [0.1, 0.15) is 21.6 Å². The molecule has 0 atom stereocenters. The van der Waals surface area contributed by atoms with Crippen molar-refractivity contribution in [3.63, 3.8) is 0 Å². The third kappa shape index (κ3) is 3.62. The van der Waals surface area contributed by atoms with Crippen LogP contribution in [0, 0.1) is 5.82 Å². The van der Waals surface area contributed by atoms with Crippen molar-refractivity contribution in [2.45, 2.75) is 6.54 Å². The Kier molecular flexibility index (Phi) is 5.19. The number of rotatable bonds is 5. The normalized spacial score (nSPS) is 10.9. The van der Waals surface area contributed by atoms with Gasteiger partial charge in [-0.1, -0.05) is 24.3 Å². The fourth-order valence-electron chi connectivity index (χ4n) is 3.36. The molecular formula is C23H16BFN2O3. The molecule has 4 aromatic rings. The third-order valence-electron chi connectivity index (χ3n) is 4.81. The summed E-state index contributed by atoms with van der Waals surface area (Å²) in [6.07, 6.45) is 1.49. The van der Waals surface area contributed by atoms with Crippen LogP contribution in [0.2, 0.25) is 0 Å². The molecule has 7 heteroatoms. The second kappa shape index (κ2) is 7.95. The summed E-state index contributed by atoms with van der Waals surface area (Å²) in [6.45, 7) is 0.309. The van der Waals surface area contributed by atoms with E-state index < -0.39 is 17.0 Å². The van der Waals surface area contributed by atoms with Gasteiger partial charge in [0.1, 0.15) is 7.85 Å². The summed E-state index contributed by atoms with van der Waals surface area (Å²) in [7, 11) is 7.11. The molecule has 0 saturated heterocycles. The molecule has 0 N–H and O–H groups in total. The Labute approximate surface area is 173 Å². The van der Waals surface area contributed by atoms with Crippen LogP contribution in [0.4, 0.5) is 4.39 Å². The number of hydrogen-bond acceptors (Lipinski definition) is 4. The lowest BCUT2D eigenvalue weighted by Gasteiger charge is -2.13. The summed E-state index contributed by atoms with van der Waals surface area (Å²) in [5, 5.41) is 0.390. The number of halogens is 1. The van der Waals surface area contributed by atoms with E-state index in [2.05, 4.69) is 4.98 Å². The Balaban J connectivity index is 1.86. The quantitative estimate of drug-likeness (QED) is 0.383. The molecule has 0 spiro atoms. The van der Waals surface area contributed by atoms with E-state index in [4.69, 9.17) is 12.6 Å². The van der Waals surface area contributed by atoms with Gasteiger partial charge in [0, 0.05) is 17.1 Å². The van der Waals surface area contributed by atoms with Gasteiger partial charge in [-0.3, -0.25) is 14.6 Å². The van der Waals surface area contributed by atoms with Gasteiger partial charge in [0.2, 0.25) is 5.43 Å². The monoisotopic (exact) mass is 398 g/mol. The standard InChI is InChI=1S/C23H16BFN2O3/c1-30-20-10-9-14(11-18(20)25)22(28)17-13-27(12-15-5-4-8-21(24)26-15)19-7-3-2-6-16(19)23(17)29/h2-11,13H,12H2,1H3. The average Bonchev–Trinajstić information content (AvgIpc) is 2.75. The summed E-state index contributed by atoms with van der Waals surface area (Å²) in [6, 6.07) is 16.1. The van der Waals surface area contributed by atoms with Gasteiger partial charge in [-0.2, -0.15) is 0 Å². The molecule has 0 fully saturated rings. The zero-order valence-electron chi connectivity index (χ0n) is 16.1. The molecule has 5 nitrogen and oxygen atoms in total. The van der Waals surface area contributed by atoms with Crippen molar-refractivity contribution >= 4 is 30.1 Å². The minimum Gasteiger partial charge on any atom is -0.494 e. The van der Waals surface area contributed by atoms with Crippen LogP contribution in [0.15, 0.2) is 71.7 Å². The number of methoxy groups -OCH3 is 1. The molecule has 2 aromatic heterocycles. The maximum absolute atomic E-state index is 14.1. The van der Waals surface area contributed by atoms with Gasteiger partial charge in [-0.05, 0) is 42.0 Å². The predicted octanol–water partition coefficient (Wildman–Crippen LogP) is 2.62. The topological polar surface area (TPSA) is 61.2 Å². The molecule has 2 heterocycles. The molecule has 0 amide bonds. The minimum absolute atomic E-state index is 0.0233. The third-order valence-corrected chi connectivity index (χ3v) is 4.81. The zero-order valence-corrected chi connectivity index (χ0v) is 16.1. The zero-order chi connectivity index (χ0) is 21.3. The van der Waals surface area contributed by atoms with Crippen LogP contribution >= 0.6 is 0 Å². The van der Waals surface area contributed by atoms with Crippen LogP contribution < -0.4 is 15.8 Å². The van der Waals surface area contributed by atoms with Crippen molar-refractivity contribution in [3.05, 3.63) is 99.7 Å².